The van der Waals surface area contributed by atoms with Crippen LogP contribution in [0.1, 0.15) is 28.9 Å². The summed E-state index contributed by atoms with van der Waals surface area (Å²) in [6.45, 7) is 1.10. The lowest BCUT2D eigenvalue weighted by atomic mass is 9.95. The number of hydrogen-bond acceptors (Lipinski definition) is 6. The summed E-state index contributed by atoms with van der Waals surface area (Å²) < 4.78 is 42.2. The summed E-state index contributed by atoms with van der Waals surface area (Å²) in [5.41, 5.74) is 0.0953. The van der Waals surface area contributed by atoms with Crippen molar-refractivity contribution in [2.75, 3.05) is 20.3 Å². The van der Waals surface area contributed by atoms with Gasteiger partial charge in [-0.3, -0.25) is 0 Å². The SMILES string of the molecule is CCOC(=O)C1=C(COC(=O)c2cc(F)c(F)cc2Cl)NC(=O)NC1c1ccc(OC)cc1. The number of esters is 2. The number of urea groups is 1. The molecule has 2 aromatic carbocycles. The summed E-state index contributed by atoms with van der Waals surface area (Å²) in [6, 6.07) is 6.28. The highest BCUT2D eigenvalue weighted by Crippen LogP contribution is 2.29. The molecule has 1 aliphatic rings. The minimum Gasteiger partial charge on any atom is -0.497 e. The number of carbonyl (C=O) groups excluding carboxylic acids is 3. The molecule has 11 heteroatoms. The third-order valence-corrected chi connectivity index (χ3v) is 4.99. The lowest BCUT2D eigenvalue weighted by Crippen LogP contribution is -2.47. The van der Waals surface area contributed by atoms with Gasteiger partial charge in [0.25, 0.3) is 0 Å². The molecule has 2 amide bonds. The third-order valence-electron chi connectivity index (χ3n) is 4.68. The fraction of sp³-hybridized carbons (Fsp3) is 0.227. The zero-order valence-corrected chi connectivity index (χ0v) is 18.3. The molecule has 174 valence electrons. The van der Waals surface area contributed by atoms with Crippen LogP contribution in [0.2, 0.25) is 5.02 Å². The Hall–Kier alpha value is -3.66. The van der Waals surface area contributed by atoms with Crippen LogP contribution in [-0.4, -0.2) is 38.3 Å². The van der Waals surface area contributed by atoms with Crippen LogP contribution >= 0.6 is 11.6 Å². The zero-order chi connectivity index (χ0) is 24.1. The van der Waals surface area contributed by atoms with Crippen LogP contribution in [0.4, 0.5) is 13.6 Å². The first-order valence-corrected chi connectivity index (χ1v) is 10.1. The predicted octanol–water partition coefficient (Wildman–Crippen LogP) is 3.65. The topological polar surface area (TPSA) is 103 Å². The van der Waals surface area contributed by atoms with Crippen LogP contribution in [0.5, 0.6) is 5.75 Å². The van der Waals surface area contributed by atoms with E-state index in [2.05, 4.69) is 10.6 Å². The van der Waals surface area contributed by atoms with Crippen molar-refractivity contribution in [2.45, 2.75) is 13.0 Å². The van der Waals surface area contributed by atoms with Crippen LogP contribution in [0, 0.1) is 11.6 Å². The van der Waals surface area contributed by atoms with E-state index in [4.69, 9.17) is 25.8 Å². The molecule has 2 aromatic rings. The molecule has 3 rings (SSSR count). The van der Waals surface area contributed by atoms with Gasteiger partial charge in [0.15, 0.2) is 11.6 Å². The Morgan fingerprint density at radius 3 is 2.36 bits per heavy atom. The Balaban J connectivity index is 1.94. The molecule has 33 heavy (non-hydrogen) atoms. The van der Waals surface area contributed by atoms with Crippen molar-refractivity contribution in [3.05, 3.63) is 75.5 Å². The highest BCUT2D eigenvalue weighted by Gasteiger charge is 2.34. The van der Waals surface area contributed by atoms with Crippen molar-refractivity contribution in [3.8, 4) is 5.75 Å². The minimum absolute atomic E-state index is 0.00537. The maximum absolute atomic E-state index is 13.5. The number of ether oxygens (including phenoxy) is 3. The van der Waals surface area contributed by atoms with Gasteiger partial charge in [0.1, 0.15) is 12.4 Å². The van der Waals surface area contributed by atoms with Gasteiger partial charge in [0.2, 0.25) is 0 Å². The smallest absolute Gasteiger partial charge is 0.340 e. The van der Waals surface area contributed by atoms with Crippen LogP contribution in [0.15, 0.2) is 47.7 Å². The number of amides is 2. The second kappa shape index (κ2) is 10.3. The summed E-state index contributed by atoms with van der Waals surface area (Å²) in [6.07, 6.45) is 0. The molecular formula is C22H19ClF2N2O6. The number of rotatable bonds is 7. The van der Waals surface area contributed by atoms with E-state index >= 15 is 0 Å². The lowest BCUT2D eigenvalue weighted by Gasteiger charge is -2.29. The van der Waals surface area contributed by atoms with E-state index in [-0.39, 0.29) is 22.9 Å². The van der Waals surface area contributed by atoms with E-state index < -0.39 is 47.8 Å². The quantitative estimate of drug-likeness (QED) is 0.463. The van der Waals surface area contributed by atoms with Gasteiger partial charge in [0, 0.05) is 0 Å². The van der Waals surface area contributed by atoms with Crippen LogP contribution in [0.3, 0.4) is 0 Å². The highest BCUT2D eigenvalue weighted by atomic mass is 35.5. The largest absolute Gasteiger partial charge is 0.497 e. The summed E-state index contributed by atoms with van der Waals surface area (Å²) in [5.74, 6) is -3.77. The Kier molecular flexibility index (Phi) is 7.49. The first kappa shape index (κ1) is 24.0. The maximum atomic E-state index is 13.5. The third kappa shape index (κ3) is 5.40. The fourth-order valence-electron chi connectivity index (χ4n) is 3.12. The van der Waals surface area contributed by atoms with Crippen LogP contribution < -0.4 is 15.4 Å². The normalized spacial score (nSPS) is 15.4. The number of hydrogen-bond donors (Lipinski definition) is 2. The Bertz CT molecular complexity index is 1120. The fourth-order valence-corrected chi connectivity index (χ4v) is 3.35. The van der Waals surface area contributed by atoms with Crippen molar-refractivity contribution in [1.29, 1.82) is 0 Å². The van der Waals surface area contributed by atoms with Crippen molar-refractivity contribution < 1.29 is 37.4 Å². The van der Waals surface area contributed by atoms with Gasteiger partial charge in [-0.2, -0.15) is 0 Å². The Labute approximate surface area is 192 Å². The molecule has 0 spiro atoms. The second-order valence-corrected chi connectivity index (χ2v) is 7.15. The standard InChI is InChI=1S/C22H19ClF2N2O6/c1-3-32-21(29)18-17(10-33-20(28)13-8-15(24)16(25)9-14(13)23)26-22(30)27-19(18)11-4-6-12(31-2)7-5-11/h4-9,19H,3,10H2,1-2H3,(H2,26,27,30). The molecule has 0 aromatic heterocycles. The Morgan fingerprint density at radius 1 is 1.06 bits per heavy atom. The van der Waals surface area contributed by atoms with Crippen molar-refractivity contribution >= 4 is 29.6 Å². The molecule has 1 atom stereocenters. The summed E-state index contributed by atoms with van der Waals surface area (Å²) >= 11 is 5.81. The number of benzene rings is 2. The summed E-state index contributed by atoms with van der Waals surface area (Å²) in [4.78, 5) is 37.4. The van der Waals surface area contributed by atoms with Gasteiger partial charge in [-0.25, -0.2) is 23.2 Å². The monoisotopic (exact) mass is 480 g/mol. The number of halogens is 3. The van der Waals surface area contributed by atoms with Gasteiger partial charge >= 0.3 is 18.0 Å². The molecule has 0 saturated heterocycles. The first-order chi connectivity index (χ1) is 15.7. The number of nitrogens with one attached hydrogen (secondary N) is 2. The van der Waals surface area contributed by atoms with Gasteiger partial charge in [-0.05, 0) is 36.8 Å². The van der Waals surface area contributed by atoms with E-state index in [0.29, 0.717) is 23.4 Å². The minimum atomic E-state index is -1.28. The van der Waals surface area contributed by atoms with Crippen LogP contribution in [-0.2, 0) is 14.3 Å². The highest BCUT2D eigenvalue weighted by molar-refractivity contribution is 6.33. The van der Waals surface area contributed by atoms with Crippen molar-refractivity contribution in [3.63, 3.8) is 0 Å². The molecule has 0 aliphatic carbocycles. The van der Waals surface area contributed by atoms with E-state index in [1.54, 1.807) is 31.2 Å². The second-order valence-electron chi connectivity index (χ2n) is 6.74. The molecule has 0 bridgehead atoms. The summed E-state index contributed by atoms with van der Waals surface area (Å²) in [5, 5.41) is 4.70. The maximum Gasteiger partial charge on any atom is 0.340 e. The first-order valence-electron chi connectivity index (χ1n) is 9.68. The van der Waals surface area contributed by atoms with Gasteiger partial charge in [-0.1, -0.05) is 23.7 Å². The van der Waals surface area contributed by atoms with Crippen molar-refractivity contribution in [1.82, 2.24) is 10.6 Å². The van der Waals surface area contributed by atoms with Gasteiger partial charge in [0.05, 0.1) is 41.6 Å². The van der Waals surface area contributed by atoms with Gasteiger partial charge in [-0.15, -0.1) is 0 Å². The number of methoxy groups -OCH3 is 1. The molecule has 2 N–H and O–H groups in total. The van der Waals surface area contributed by atoms with E-state index in [0.717, 1.165) is 0 Å². The predicted molar refractivity (Wildman–Crippen MR) is 113 cm³/mol. The van der Waals surface area contributed by atoms with Gasteiger partial charge < -0.3 is 24.8 Å². The van der Waals surface area contributed by atoms with E-state index in [9.17, 15) is 23.2 Å². The average Bonchev–Trinajstić information content (AvgIpc) is 2.79. The Morgan fingerprint density at radius 2 is 1.73 bits per heavy atom. The van der Waals surface area contributed by atoms with Crippen molar-refractivity contribution in [2.24, 2.45) is 0 Å². The van der Waals surface area contributed by atoms with E-state index in [1.807, 2.05) is 0 Å². The van der Waals surface area contributed by atoms with E-state index in [1.165, 1.54) is 7.11 Å². The van der Waals surface area contributed by atoms with Crippen LogP contribution in [0.25, 0.3) is 0 Å². The average molecular weight is 481 g/mol. The molecule has 0 fully saturated rings. The molecule has 1 aliphatic heterocycles. The molecular weight excluding hydrogens is 462 g/mol. The molecule has 0 radical (unpaired) electrons. The molecule has 1 unspecified atom stereocenters. The molecule has 0 saturated carbocycles. The number of carbonyl (C=O) groups is 3. The zero-order valence-electron chi connectivity index (χ0n) is 17.5. The lowest BCUT2D eigenvalue weighted by molar-refractivity contribution is -0.139. The molecule has 1 heterocycles. The summed E-state index contributed by atoms with van der Waals surface area (Å²) in [7, 11) is 1.50. The molecule has 8 nitrogen and oxygen atoms in total.